The van der Waals surface area contributed by atoms with Crippen molar-refractivity contribution in [3.63, 3.8) is 0 Å². The van der Waals surface area contributed by atoms with Crippen LogP contribution in [0.3, 0.4) is 0 Å². The summed E-state index contributed by atoms with van der Waals surface area (Å²) >= 11 is 0. The largest absolute Gasteiger partial charge is 0.294 e. The van der Waals surface area contributed by atoms with Gasteiger partial charge in [-0.25, -0.2) is 0 Å². The molecule has 0 amide bonds. The Balaban J connectivity index is 1.82. The number of carbonyl (C=O) groups excluding carboxylic acids is 1. The van der Waals surface area contributed by atoms with E-state index in [0.29, 0.717) is 12.2 Å². The van der Waals surface area contributed by atoms with Crippen LogP contribution >= 0.6 is 0 Å². The standard InChI is InChI=1S/C12H12N4O/c1-16-14-11(13-15-16)7-9-6-8-4-2-3-5-10(8)12(9)17/h2-5,9H,6-7H2,1H3. The SMILES string of the molecule is Cn1nnc(CC2Cc3ccccc3C2=O)n1. The van der Waals surface area contributed by atoms with Gasteiger partial charge in [-0.3, -0.25) is 4.79 Å². The van der Waals surface area contributed by atoms with E-state index in [1.54, 1.807) is 7.05 Å². The molecule has 3 rings (SSSR count). The van der Waals surface area contributed by atoms with Gasteiger partial charge in [0.05, 0.1) is 7.05 Å². The smallest absolute Gasteiger partial charge is 0.175 e. The third-order valence-electron chi connectivity index (χ3n) is 3.10. The average Bonchev–Trinajstić information content (AvgIpc) is 2.86. The van der Waals surface area contributed by atoms with Gasteiger partial charge >= 0.3 is 0 Å². The average molecular weight is 228 g/mol. The number of fused-ring (bicyclic) bond motifs is 1. The molecule has 0 saturated heterocycles. The molecule has 5 heteroatoms. The summed E-state index contributed by atoms with van der Waals surface area (Å²) in [5, 5.41) is 11.8. The zero-order chi connectivity index (χ0) is 11.8. The van der Waals surface area contributed by atoms with Crippen LogP contribution in [-0.4, -0.2) is 26.0 Å². The first-order valence-electron chi connectivity index (χ1n) is 5.59. The van der Waals surface area contributed by atoms with Crippen molar-refractivity contribution in [3.05, 3.63) is 41.2 Å². The van der Waals surface area contributed by atoms with Crippen molar-refractivity contribution < 1.29 is 4.79 Å². The Kier molecular flexibility index (Phi) is 2.24. The number of Topliss-reactive ketones (excluding diaryl/α,β-unsaturated/α-hetero) is 1. The normalized spacial score (nSPS) is 18.4. The van der Waals surface area contributed by atoms with Crippen LogP contribution in [0.1, 0.15) is 21.7 Å². The summed E-state index contributed by atoms with van der Waals surface area (Å²) in [7, 11) is 1.72. The van der Waals surface area contributed by atoms with Crippen LogP contribution in [0.4, 0.5) is 0 Å². The molecular formula is C12H12N4O. The summed E-state index contributed by atoms with van der Waals surface area (Å²) in [6, 6.07) is 7.77. The minimum atomic E-state index is -0.0309. The minimum absolute atomic E-state index is 0.0309. The van der Waals surface area contributed by atoms with E-state index in [4.69, 9.17) is 0 Å². The Hall–Kier alpha value is -2.04. The first-order valence-corrected chi connectivity index (χ1v) is 5.59. The Labute approximate surface area is 98.5 Å². The number of rotatable bonds is 2. The molecule has 0 N–H and O–H groups in total. The topological polar surface area (TPSA) is 60.7 Å². The van der Waals surface area contributed by atoms with Crippen LogP contribution in [0.2, 0.25) is 0 Å². The van der Waals surface area contributed by atoms with Gasteiger partial charge in [-0.1, -0.05) is 24.3 Å². The lowest BCUT2D eigenvalue weighted by molar-refractivity contribution is 0.0935. The predicted molar refractivity (Wildman–Crippen MR) is 60.5 cm³/mol. The lowest BCUT2D eigenvalue weighted by Crippen LogP contribution is -2.13. The highest BCUT2D eigenvalue weighted by atomic mass is 16.1. The summed E-state index contributed by atoms with van der Waals surface area (Å²) in [5.74, 6) is 0.809. The highest BCUT2D eigenvalue weighted by molar-refractivity contribution is 6.02. The van der Waals surface area contributed by atoms with Crippen LogP contribution in [0.15, 0.2) is 24.3 Å². The van der Waals surface area contributed by atoms with Crippen molar-refractivity contribution in [3.8, 4) is 0 Å². The quantitative estimate of drug-likeness (QED) is 0.763. The minimum Gasteiger partial charge on any atom is -0.294 e. The lowest BCUT2D eigenvalue weighted by Gasteiger charge is -2.02. The van der Waals surface area contributed by atoms with Gasteiger partial charge in [0.1, 0.15) is 0 Å². The third-order valence-corrected chi connectivity index (χ3v) is 3.10. The number of benzene rings is 1. The highest BCUT2D eigenvalue weighted by Gasteiger charge is 2.31. The summed E-state index contributed by atoms with van der Waals surface area (Å²) in [5.41, 5.74) is 1.98. The molecule has 5 nitrogen and oxygen atoms in total. The van der Waals surface area contributed by atoms with Crippen LogP contribution in [-0.2, 0) is 19.9 Å². The number of aromatic nitrogens is 4. The van der Waals surface area contributed by atoms with Crippen molar-refractivity contribution in [2.45, 2.75) is 12.8 Å². The van der Waals surface area contributed by atoms with Gasteiger partial charge in [0.15, 0.2) is 11.6 Å². The molecule has 1 heterocycles. The van der Waals surface area contributed by atoms with Gasteiger partial charge in [0, 0.05) is 17.9 Å². The Morgan fingerprint density at radius 3 is 2.94 bits per heavy atom. The van der Waals surface area contributed by atoms with E-state index in [-0.39, 0.29) is 11.7 Å². The van der Waals surface area contributed by atoms with Gasteiger partial charge < -0.3 is 0 Å². The second-order valence-electron chi connectivity index (χ2n) is 4.32. The molecule has 17 heavy (non-hydrogen) atoms. The van der Waals surface area contributed by atoms with E-state index in [1.807, 2.05) is 24.3 Å². The van der Waals surface area contributed by atoms with E-state index >= 15 is 0 Å². The van der Waals surface area contributed by atoms with E-state index in [1.165, 1.54) is 4.80 Å². The second kappa shape index (κ2) is 3.76. The van der Waals surface area contributed by atoms with Gasteiger partial charge in [-0.15, -0.1) is 10.2 Å². The fourth-order valence-electron chi connectivity index (χ4n) is 2.31. The van der Waals surface area contributed by atoms with Gasteiger partial charge in [0.25, 0.3) is 0 Å². The van der Waals surface area contributed by atoms with Crippen molar-refractivity contribution >= 4 is 5.78 Å². The number of aryl methyl sites for hydroxylation is 1. The maximum atomic E-state index is 12.1. The molecule has 1 unspecified atom stereocenters. The molecule has 1 aliphatic carbocycles. The monoisotopic (exact) mass is 228 g/mol. The van der Waals surface area contributed by atoms with Crippen LogP contribution in [0.25, 0.3) is 0 Å². The summed E-state index contributed by atoms with van der Waals surface area (Å²) in [6.07, 6.45) is 1.36. The van der Waals surface area contributed by atoms with Crippen molar-refractivity contribution in [2.75, 3.05) is 0 Å². The van der Waals surface area contributed by atoms with Crippen molar-refractivity contribution in [1.82, 2.24) is 20.2 Å². The van der Waals surface area contributed by atoms with Gasteiger partial charge in [0.2, 0.25) is 0 Å². The Morgan fingerprint density at radius 2 is 2.24 bits per heavy atom. The maximum Gasteiger partial charge on any atom is 0.175 e. The predicted octanol–water partition coefficient (Wildman–Crippen LogP) is 0.808. The molecule has 0 aliphatic heterocycles. The summed E-state index contributed by atoms with van der Waals surface area (Å²) < 4.78 is 0. The molecule has 1 atom stereocenters. The van der Waals surface area contributed by atoms with E-state index in [9.17, 15) is 4.79 Å². The van der Waals surface area contributed by atoms with Crippen molar-refractivity contribution in [1.29, 1.82) is 0 Å². The zero-order valence-corrected chi connectivity index (χ0v) is 9.50. The number of hydrogen-bond donors (Lipinski definition) is 0. The first kappa shape index (κ1) is 10.1. The first-order chi connectivity index (χ1) is 8.24. The number of ketones is 1. The Morgan fingerprint density at radius 1 is 1.41 bits per heavy atom. The van der Waals surface area contributed by atoms with E-state index in [0.717, 1.165) is 17.5 Å². The molecule has 1 aliphatic rings. The molecule has 2 aromatic rings. The van der Waals surface area contributed by atoms with E-state index < -0.39 is 0 Å². The fraction of sp³-hybridized carbons (Fsp3) is 0.333. The third kappa shape index (κ3) is 1.73. The molecular weight excluding hydrogens is 216 g/mol. The molecule has 0 radical (unpaired) electrons. The molecule has 86 valence electrons. The Bertz CT molecular complexity index is 575. The van der Waals surface area contributed by atoms with Crippen LogP contribution < -0.4 is 0 Å². The summed E-state index contributed by atoms with van der Waals surface area (Å²) in [4.78, 5) is 13.5. The molecule has 0 bridgehead atoms. The zero-order valence-electron chi connectivity index (χ0n) is 9.50. The van der Waals surface area contributed by atoms with E-state index in [2.05, 4.69) is 15.4 Å². The van der Waals surface area contributed by atoms with Crippen LogP contribution in [0, 0.1) is 5.92 Å². The molecule has 0 fully saturated rings. The molecule has 0 spiro atoms. The number of hydrogen-bond acceptors (Lipinski definition) is 4. The molecule has 0 saturated carbocycles. The highest BCUT2D eigenvalue weighted by Crippen LogP contribution is 2.28. The van der Waals surface area contributed by atoms with Gasteiger partial charge in [-0.2, -0.15) is 4.80 Å². The summed E-state index contributed by atoms with van der Waals surface area (Å²) in [6.45, 7) is 0. The van der Waals surface area contributed by atoms with Crippen LogP contribution in [0.5, 0.6) is 0 Å². The van der Waals surface area contributed by atoms with Gasteiger partial charge in [-0.05, 0) is 17.2 Å². The maximum absolute atomic E-state index is 12.1. The number of carbonyl (C=O) groups is 1. The fourth-order valence-corrected chi connectivity index (χ4v) is 2.31. The second-order valence-corrected chi connectivity index (χ2v) is 4.32. The van der Waals surface area contributed by atoms with Crippen molar-refractivity contribution in [2.24, 2.45) is 13.0 Å². The molecule has 1 aromatic heterocycles. The molecule has 1 aromatic carbocycles. The number of tetrazole rings is 1. The lowest BCUT2D eigenvalue weighted by atomic mass is 10.0. The number of nitrogens with zero attached hydrogens (tertiary/aromatic N) is 4.